The number of aliphatic hydroxyl groups is 1. The maximum Gasteiger partial charge on any atom is 0.268 e. The van der Waals surface area contributed by atoms with Gasteiger partial charge in [-0.3, -0.25) is 9.36 Å². The number of hydrogen-bond acceptors (Lipinski definition) is 6. The molecule has 0 heterocycles. The first-order chi connectivity index (χ1) is 24.5. The molecule has 0 aromatic heterocycles. The molecule has 0 aromatic rings. The lowest BCUT2D eigenvalue weighted by molar-refractivity contribution is -0.870. The van der Waals surface area contributed by atoms with E-state index >= 15 is 0 Å². The van der Waals surface area contributed by atoms with Crippen LogP contribution >= 0.6 is 7.82 Å². The Bertz CT molecular complexity index is 891. The van der Waals surface area contributed by atoms with Gasteiger partial charge in [0.05, 0.1) is 39.9 Å². The molecular formula is C42H83N2O6P. The average Bonchev–Trinajstić information content (AvgIpc) is 3.07. The van der Waals surface area contributed by atoms with E-state index in [-0.39, 0.29) is 19.1 Å². The lowest BCUT2D eigenvalue weighted by atomic mass is 10.0. The number of allylic oxidation sites excluding steroid dienone is 3. The molecule has 0 aromatic carbocycles. The van der Waals surface area contributed by atoms with Crippen LogP contribution in [0, 0.1) is 0 Å². The van der Waals surface area contributed by atoms with Crippen LogP contribution in [0.4, 0.5) is 0 Å². The molecule has 0 rings (SSSR count). The molecule has 0 fully saturated rings. The highest BCUT2D eigenvalue weighted by molar-refractivity contribution is 7.45. The number of hydrogen-bond donors (Lipinski definition) is 2. The molecule has 0 bridgehead atoms. The van der Waals surface area contributed by atoms with Crippen molar-refractivity contribution in [1.29, 1.82) is 0 Å². The zero-order valence-corrected chi connectivity index (χ0v) is 35.0. The molecule has 1 amide bonds. The number of likely N-dealkylation sites (N-methyl/N-ethyl adjacent to an activating group) is 1. The molecule has 51 heavy (non-hydrogen) atoms. The van der Waals surface area contributed by atoms with Gasteiger partial charge in [-0.2, -0.15) is 0 Å². The minimum Gasteiger partial charge on any atom is -0.756 e. The van der Waals surface area contributed by atoms with Gasteiger partial charge in [0.15, 0.2) is 0 Å². The Morgan fingerprint density at radius 2 is 1.10 bits per heavy atom. The third-order valence-electron chi connectivity index (χ3n) is 9.41. The number of quaternary nitrogens is 1. The van der Waals surface area contributed by atoms with E-state index in [4.69, 9.17) is 9.05 Å². The summed E-state index contributed by atoms with van der Waals surface area (Å²) in [6.07, 6.45) is 39.4. The third kappa shape index (κ3) is 37.1. The summed E-state index contributed by atoms with van der Waals surface area (Å²) < 4.78 is 23.1. The number of unbranched alkanes of at least 4 members (excludes halogenated alkanes) is 23. The highest BCUT2D eigenvalue weighted by Gasteiger charge is 2.23. The van der Waals surface area contributed by atoms with Crippen molar-refractivity contribution in [1.82, 2.24) is 5.32 Å². The lowest BCUT2D eigenvalue weighted by Crippen LogP contribution is -2.45. The Labute approximate surface area is 315 Å². The summed E-state index contributed by atoms with van der Waals surface area (Å²) in [7, 11) is 1.25. The van der Waals surface area contributed by atoms with Crippen molar-refractivity contribution in [3.63, 3.8) is 0 Å². The average molecular weight is 743 g/mol. The number of nitrogens with one attached hydrogen (secondary N) is 1. The van der Waals surface area contributed by atoms with Crippen LogP contribution in [0.25, 0.3) is 0 Å². The molecule has 3 atom stereocenters. The summed E-state index contributed by atoms with van der Waals surface area (Å²) >= 11 is 0. The predicted octanol–water partition coefficient (Wildman–Crippen LogP) is 10.7. The van der Waals surface area contributed by atoms with E-state index in [9.17, 15) is 19.4 Å². The van der Waals surface area contributed by atoms with Gasteiger partial charge in [0, 0.05) is 6.42 Å². The van der Waals surface area contributed by atoms with Crippen LogP contribution in [0.1, 0.15) is 187 Å². The molecule has 0 spiro atoms. The van der Waals surface area contributed by atoms with E-state index < -0.39 is 20.0 Å². The van der Waals surface area contributed by atoms with Crippen molar-refractivity contribution in [2.24, 2.45) is 0 Å². The number of amides is 1. The zero-order valence-electron chi connectivity index (χ0n) is 34.1. The summed E-state index contributed by atoms with van der Waals surface area (Å²) in [6, 6.07) is -0.896. The second kappa shape index (κ2) is 34.7. The Kier molecular flexibility index (Phi) is 34.0. The summed E-state index contributed by atoms with van der Waals surface area (Å²) in [6.45, 7) is 4.60. The number of phosphoric acid groups is 1. The van der Waals surface area contributed by atoms with Crippen LogP contribution in [0.5, 0.6) is 0 Å². The number of aliphatic hydroxyl groups excluding tert-OH is 1. The topological polar surface area (TPSA) is 108 Å². The molecule has 8 nitrogen and oxygen atoms in total. The van der Waals surface area contributed by atoms with Crippen molar-refractivity contribution < 1.29 is 32.9 Å². The molecule has 3 unspecified atom stereocenters. The molecule has 0 aliphatic heterocycles. The van der Waals surface area contributed by atoms with Gasteiger partial charge in [-0.1, -0.05) is 173 Å². The molecule has 302 valence electrons. The number of carbonyl (C=O) groups excluding carboxylic acids is 1. The van der Waals surface area contributed by atoms with E-state index in [1.165, 1.54) is 128 Å². The van der Waals surface area contributed by atoms with Gasteiger partial charge in [-0.05, 0) is 32.1 Å². The van der Waals surface area contributed by atoms with Gasteiger partial charge in [-0.25, -0.2) is 0 Å². The Morgan fingerprint density at radius 3 is 1.59 bits per heavy atom. The van der Waals surface area contributed by atoms with E-state index in [0.29, 0.717) is 17.4 Å². The van der Waals surface area contributed by atoms with Crippen LogP contribution in [0.15, 0.2) is 24.3 Å². The highest BCUT2D eigenvalue weighted by atomic mass is 31.2. The monoisotopic (exact) mass is 743 g/mol. The van der Waals surface area contributed by atoms with Gasteiger partial charge in [0.1, 0.15) is 13.2 Å². The minimum atomic E-state index is -4.58. The standard InChI is InChI=1S/C42H83N2O6P/c1-6-8-10-12-14-16-18-19-20-21-22-23-24-25-26-27-29-31-33-35-41(45)40(39-50-51(47,48)49-38-37-44(3,4)5)43-42(46)36-34-32-30-28-17-15-13-11-9-7-2/h26-27,33,35,40-41,45H,6-25,28-32,34,36-39H2,1-5H3,(H-,43,46,47,48)/b27-26+,35-33+. The smallest absolute Gasteiger partial charge is 0.268 e. The fraction of sp³-hybridized carbons (Fsp3) is 0.881. The first-order valence-electron chi connectivity index (χ1n) is 21.2. The van der Waals surface area contributed by atoms with Crippen molar-refractivity contribution in [3.8, 4) is 0 Å². The zero-order chi connectivity index (χ0) is 37.9. The molecular weight excluding hydrogens is 659 g/mol. The number of phosphoric ester groups is 1. The summed E-state index contributed by atoms with van der Waals surface area (Å²) in [4.78, 5) is 25.2. The lowest BCUT2D eigenvalue weighted by Gasteiger charge is -2.29. The molecule has 0 saturated heterocycles. The second-order valence-electron chi connectivity index (χ2n) is 15.7. The minimum absolute atomic E-state index is 0.00459. The molecule has 0 aliphatic carbocycles. The van der Waals surface area contributed by atoms with Gasteiger partial charge < -0.3 is 28.8 Å². The van der Waals surface area contributed by atoms with Crippen LogP contribution in [-0.4, -0.2) is 68.5 Å². The molecule has 9 heteroatoms. The van der Waals surface area contributed by atoms with Gasteiger partial charge in [0.25, 0.3) is 7.82 Å². The van der Waals surface area contributed by atoms with E-state index in [1.54, 1.807) is 6.08 Å². The first-order valence-corrected chi connectivity index (χ1v) is 22.7. The SMILES string of the molecule is CCCCCCCCCCCCCCC/C=C/CC/C=C/C(O)C(COP(=O)([O-])OCC[N+](C)(C)C)NC(=O)CCCCCCCCCCCC. The van der Waals surface area contributed by atoms with Crippen LogP contribution in [-0.2, 0) is 18.4 Å². The first kappa shape index (κ1) is 50.0. The third-order valence-corrected chi connectivity index (χ3v) is 10.4. The molecule has 0 radical (unpaired) electrons. The van der Waals surface area contributed by atoms with Crippen molar-refractivity contribution >= 4 is 13.7 Å². The Morgan fingerprint density at radius 1 is 0.667 bits per heavy atom. The van der Waals surface area contributed by atoms with Gasteiger partial charge in [0.2, 0.25) is 5.91 Å². The van der Waals surface area contributed by atoms with Crippen molar-refractivity contribution in [2.45, 2.75) is 199 Å². The van der Waals surface area contributed by atoms with Crippen LogP contribution in [0.2, 0.25) is 0 Å². The highest BCUT2D eigenvalue weighted by Crippen LogP contribution is 2.38. The Hall–Kier alpha value is -1.02. The van der Waals surface area contributed by atoms with Crippen molar-refractivity contribution in [2.75, 3.05) is 40.9 Å². The maximum absolute atomic E-state index is 12.8. The number of nitrogens with zero attached hydrogens (tertiary/aromatic N) is 1. The summed E-state index contributed by atoms with van der Waals surface area (Å²) in [5.41, 5.74) is 0. The largest absolute Gasteiger partial charge is 0.756 e. The predicted molar refractivity (Wildman–Crippen MR) is 215 cm³/mol. The normalized spacial score (nSPS) is 14.7. The van der Waals surface area contributed by atoms with Crippen LogP contribution in [0.3, 0.4) is 0 Å². The second-order valence-corrected chi connectivity index (χ2v) is 17.1. The van der Waals surface area contributed by atoms with E-state index in [1.807, 2.05) is 27.2 Å². The van der Waals surface area contributed by atoms with Crippen molar-refractivity contribution in [3.05, 3.63) is 24.3 Å². The van der Waals surface area contributed by atoms with Gasteiger partial charge >= 0.3 is 0 Å². The summed E-state index contributed by atoms with van der Waals surface area (Å²) in [5, 5.41) is 13.7. The van der Waals surface area contributed by atoms with Gasteiger partial charge in [-0.15, -0.1) is 0 Å². The molecule has 2 N–H and O–H groups in total. The fourth-order valence-electron chi connectivity index (χ4n) is 5.99. The quantitative estimate of drug-likeness (QED) is 0.0282. The van der Waals surface area contributed by atoms with E-state index in [0.717, 1.165) is 38.5 Å². The maximum atomic E-state index is 12.8. The molecule has 0 saturated carbocycles. The fourth-order valence-corrected chi connectivity index (χ4v) is 6.71. The summed E-state index contributed by atoms with van der Waals surface area (Å²) in [5.74, 6) is -0.210. The Balaban J connectivity index is 4.45. The van der Waals surface area contributed by atoms with E-state index in [2.05, 4.69) is 31.3 Å². The number of rotatable bonds is 38. The van der Waals surface area contributed by atoms with Crippen LogP contribution < -0.4 is 10.2 Å². The number of carbonyl (C=O) groups is 1. The molecule has 0 aliphatic rings.